The number of carbonyl (C=O) groups excluding carboxylic acids is 1. The van der Waals surface area contributed by atoms with Crippen LogP contribution < -0.4 is 16.0 Å². The van der Waals surface area contributed by atoms with Crippen LogP contribution in [0.5, 0.6) is 0 Å². The van der Waals surface area contributed by atoms with Gasteiger partial charge in [-0.25, -0.2) is 22.5 Å². The molecule has 0 fully saturated rings. The molecule has 14 heteroatoms. The quantitative estimate of drug-likeness (QED) is 0.635. The number of carbonyl (C=O) groups is 1. The molecule has 0 unspecified atom stereocenters. The number of sulfonamides is 1. The Kier molecular flexibility index (Phi) is 4.86. The van der Waals surface area contributed by atoms with Crippen LogP contribution >= 0.6 is 11.5 Å². The van der Waals surface area contributed by atoms with Crippen LogP contribution in [0.25, 0.3) is 15.8 Å². The van der Waals surface area contributed by atoms with Crippen LogP contribution in [0.1, 0.15) is 16.2 Å². The topological polar surface area (TPSA) is 120 Å². The van der Waals surface area contributed by atoms with E-state index in [-0.39, 0.29) is 27.4 Å². The van der Waals surface area contributed by atoms with E-state index in [0.717, 1.165) is 24.8 Å². The molecule has 1 amide bonds. The molecule has 0 saturated heterocycles. The zero-order chi connectivity index (χ0) is 21.7. The molecule has 0 aliphatic rings. The van der Waals surface area contributed by atoms with Crippen LogP contribution in [-0.4, -0.2) is 34.1 Å². The van der Waals surface area contributed by atoms with Crippen LogP contribution in [0.2, 0.25) is 0 Å². The lowest BCUT2D eigenvalue weighted by atomic mass is 10.2. The Morgan fingerprint density at radius 3 is 2.45 bits per heavy atom. The van der Waals surface area contributed by atoms with Crippen LogP contribution in [-0.2, 0) is 23.2 Å². The maximum absolute atomic E-state index is 13.0. The van der Waals surface area contributed by atoms with Crippen molar-refractivity contribution in [3.63, 3.8) is 0 Å². The van der Waals surface area contributed by atoms with Gasteiger partial charge in [0.05, 0.1) is 16.6 Å². The van der Waals surface area contributed by atoms with Crippen LogP contribution in [0.4, 0.5) is 13.2 Å². The van der Waals surface area contributed by atoms with E-state index in [2.05, 4.69) is 4.37 Å². The lowest BCUT2D eigenvalue weighted by Gasteiger charge is -2.14. The summed E-state index contributed by atoms with van der Waals surface area (Å²) in [6, 6.07) is 4.19. The summed E-state index contributed by atoms with van der Waals surface area (Å²) in [5.74, 6) is -1.02. The zero-order valence-electron chi connectivity index (χ0n) is 14.6. The van der Waals surface area contributed by atoms with Crippen molar-refractivity contribution < 1.29 is 26.4 Å². The fourth-order valence-electron chi connectivity index (χ4n) is 2.58. The Morgan fingerprint density at radius 1 is 1.21 bits per heavy atom. The zero-order valence-corrected chi connectivity index (χ0v) is 16.3. The number of aromatic nitrogens is 3. The second-order valence-corrected chi connectivity index (χ2v) is 8.51. The first-order valence-electron chi connectivity index (χ1n) is 7.62. The summed E-state index contributed by atoms with van der Waals surface area (Å²) >= 11 is 0.864. The maximum Gasteiger partial charge on any atom is 0.431 e. The van der Waals surface area contributed by atoms with Crippen molar-refractivity contribution in [2.45, 2.75) is 6.18 Å². The molecule has 1 N–H and O–H groups in total. The summed E-state index contributed by atoms with van der Waals surface area (Å²) in [7, 11) is -3.00. The van der Waals surface area contributed by atoms with Crippen molar-refractivity contribution in [3.8, 4) is 5.69 Å². The third kappa shape index (κ3) is 3.93. The smallest absolute Gasteiger partial charge is 0.292 e. The first-order chi connectivity index (χ1) is 13.3. The lowest BCUT2D eigenvalue weighted by molar-refractivity contribution is -0.144. The highest BCUT2D eigenvalue weighted by molar-refractivity contribution is 7.89. The molecule has 1 aromatic carbocycles. The lowest BCUT2D eigenvalue weighted by Crippen LogP contribution is -2.40. The highest BCUT2D eigenvalue weighted by Gasteiger charge is 2.35. The highest BCUT2D eigenvalue weighted by atomic mass is 32.2. The van der Waals surface area contributed by atoms with E-state index in [1.165, 1.54) is 18.2 Å². The molecule has 3 rings (SSSR count). The van der Waals surface area contributed by atoms with Crippen LogP contribution in [0, 0.1) is 0 Å². The van der Waals surface area contributed by atoms with E-state index in [1.807, 2.05) is 0 Å². The molecular weight excluding hydrogens is 437 g/mol. The maximum atomic E-state index is 13.0. The van der Waals surface area contributed by atoms with E-state index >= 15 is 0 Å². The molecule has 9 nitrogen and oxygen atoms in total. The number of nitrogens with one attached hydrogen (secondary N) is 1. The van der Waals surface area contributed by atoms with Crippen molar-refractivity contribution in [2.75, 3.05) is 6.26 Å². The van der Waals surface area contributed by atoms with Gasteiger partial charge in [-0.3, -0.25) is 14.2 Å². The SMILES string of the molecule is Cn1c(C(F)(F)F)cc(=O)n(-c2ccc3snc(C(=O)NS(C)(=O)=O)c3c2)c1=O. The molecule has 0 atom stereocenters. The molecule has 2 heterocycles. The van der Waals surface area contributed by atoms with Crippen molar-refractivity contribution in [1.82, 2.24) is 18.2 Å². The third-order valence-corrected chi connectivity index (χ3v) is 5.20. The number of nitrogens with zero attached hydrogens (tertiary/aromatic N) is 3. The second kappa shape index (κ2) is 6.81. The first-order valence-corrected chi connectivity index (χ1v) is 10.3. The summed E-state index contributed by atoms with van der Waals surface area (Å²) < 4.78 is 68.3. The van der Waals surface area contributed by atoms with Gasteiger partial charge in [-0.15, -0.1) is 0 Å². The molecule has 0 bridgehead atoms. The molecule has 2 aromatic heterocycles. The van der Waals surface area contributed by atoms with Crippen LogP contribution in [0.3, 0.4) is 0 Å². The molecule has 0 aliphatic carbocycles. The third-order valence-electron chi connectivity index (χ3n) is 3.82. The van der Waals surface area contributed by atoms with Gasteiger partial charge in [-0.1, -0.05) is 0 Å². The first kappa shape index (κ1) is 20.7. The van der Waals surface area contributed by atoms with Gasteiger partial charge in [0, 0.05) is 18.5 Å². The molecule has 29 heavy (non-hydrogen) atoms. The Bertz CT molecular complexity index is 1370. The predicted octanol–water partition coefficient (Wildman–Crippen LogP) is 0.854. The number of hydrogen-bond donors (Lipinski definition) is 1. The monoisotopic (exact) mass is 448 g/mol. The number of amides is 1. The van der Waals surface area contributed by atoms with Gasteiger partial charge in [-0.05, 0) is 29.7 Å². The minimum absolute atomic E-state index is 0.106. The van der Waals surface area contributed by atoms with Gasteiger partial charge >= 0.3 is 11.9 Å². The Labute approximate surface area is 164 Å². The van der Waals surface area contributed by atoms with Gasteiger partial charge in [0.15, 0.2) is 5.69 Å². The van der Waals surface area contributed by atoms with Gasteiger partial charge in [0.1, 0.15) is 5.69 Å². The average molecular weight is 448 g/mol. The normalized spacial score (nSPS) is 12.3. The van der Waals surface area contributed by atoms with Gasteiger partial charge in [0.25, 0.3) is 11.5 Å². The van der Waals surface area contributed by atoms with Gasteiger partial charge < -0.3 is 0 Å². The van der Waals surface area contributed by atoms with E-state index in [4.69, 9.17) is 0 Å². The van der Waals surface area contributed by atoms with Gasteiger partial charge in [-0.2, -0.15) is 17.5 Å². The standard InChI is InChI=1S/C15H11F3N4O5S2/c1-21-10(15(16,17)18)6-11(23)22(14(21)25)7-3-4-9-8(5-7)12(19-28-9)13(24)20-29(2,26)27/h3-6H,1-2H3,(H,20,24). The summed E-state index contributed by atoms with van der Waals surface area (Å²) in [6.45, 7) is 0. The molecule has 0 saturated carbocycles. The molecule has 0 radical (unpaired) electrons. The summed E-state index contributed by atoms with van der Waals surface area (Å²) in [5, 5.41) is 0.127. The number of benzene rings is 1. The number of hydrogen-bond acceptors (Lipinski definition) is 7. The molecule has 0 spiro atoms. The largest absolute Gasteiger partial charge is 0.431 e. The fourth-order valence-corrected chi connectivity index (χ4v) is 3.77. The van der Waals surface area contributed by atoms with Crippen molar-refractivity contribution in [1.29, 1.82) is 0 Å². The Hall–Kier alpha value is -3.00. The summed E-state index contributed by atoms with van der Waals surface area (Å²) in [4.78, 5) is 36.7. The second-order valence-electron chi connectivity index (χ2n) is 5.96. The molecular formula is C15H11F3N4O5S2. The van der Waals surface area contributed by atoms with Crippen molar-refractivity contribution in [2.24, 2.45) is 7.05 Å². The minimum Gasteiger partial charge on any atom is -0.292 e. The predicted molar refractivity (Wildman–Crippen MR) is 97.8 cm³/mol. The van der Waals surface area contributed by atoms with Crippen molar-refractivity contribution in [3.05, 3.63) is 56.5 Å². The Morgan fingerprint density at radius 2 is 1.86 bits per heavy atom. The van der Waals surface area contributed by atoms with Crippen molar-refractivity contribution >= 4 is 37.5 Å². The van der Waals surface area contributed by atoms with Gasteiger partial charge in [0.2, 0.25) is 10.0 Å². The molecule has 3 aromatic rings. The minimum atomic E-state index is -4.90. The molecule has 154 valence electrons. The van der Waals surface area contributed by atoms with Crippen LogP contribution in [0.15, 0.2) is 33.9 Å². The number of alkyl halides is 3. The number of rotatable bonds is 3. The van der Waals surface area contributed by atoms with E-state index < -0.39 is 39.0 Å². The fraction of sp³-hybridized carbons (Fsp3) is 0.200. The van der Waals surface area contributed by atoms with E-state index in [1.54, 1.807) is 4.72 Å². The summed E-state index contributed by atoms with van der Waals surface area (Å²) in [6.07, 6.45) is -4.12. The summed E-state index contributed by atoms with van der Waals surface area (Å²) in [5.41, 5.74) is -4.24. The molecule has 0 aliphatic heterocycles. The van der Waals surface area contributed by atoms with E-state index in [0.29, 0.717) is 9.27 Å². The average Bonchev–Trinajstić information content (AvgIpc) is 2.99. The number of fused-ring (bicyclic) bond motifs is 1. The van der Waals surface area contributed by atoms with E-state index in [9.17, 15) is 36.0 Å². The highest BCUT2D eigenvalue weighted by Crippen LogP contribution is 2.28. The Balaban J connectivity index is 2.21. The number of halogens is 3.